The number of ether oxygens (including phenoxy) is 2. The maximum Gasteiger partial charge on any atom is 0.253 e. The fraction of sp³-hybridized carbons (Fsp3) is 0.259. The van der Waals surface area contributed by atoms with Gasteiger partial charge in [0, 0.05) is 24.5 Å². The summed E-state index contributed by atoms with van der Waals surface area (Å²) in [7, 11) is 3.19. The number of benzene rings is 3. The van der Waals surface area contributed by atoms with Crippen molar-refractivity contribution in [3.05, 3.63) is 93.0 Å². The second kappa shape index (κ2) is 11.0. The minimum Gasteiger partial charge on any atom is -0.493 e. The molecule has 2 amide bonds. The van der Waals surface area contributed by atoms with Crippen molar-refractivity contribution >= 4 is 35.0 Å². The summed E-state index contributed by atoms with van der Waals surface area (Å²) in [5, 5.41) is 3.56. The molecule has 6 nitrogen and oxygen atoms in total. The van der Waals surface area contributed by atoms with Gasteiger partial charge in [0.2, 0.25) is 5.91 Å². The van der Waals surface area contributed by atoms with Crippen LogP contribution in [0.5, 0.6) is 11.5 Å². The van der Waals surface area contributed by atoms with E-state index in [0.717, 1.165) is 16.7 Å². The Morgan fingerprint density at radius 2 is 1.66 bits per heavy atom. The molecule has 0 aromatic heterocycles. The molecule has 0 spiro atoms. The molecule has 8 heteroatoms. The van der Waals surface area contributed by atoms with Gasteiger partial charge in [0.15, 0.2) is 11.5 Å². The van der Waals surface area contributed by atoms with Gasteiger partial charge in [0.05, 0.1) is 24.8 Å². The third kappa shape index (κ3) is 5.72. The van der Waals surface area contributed by atoms with Crippen molar-refractivity contribution < 1.29 is 19.1 Å². The SMILES string of the molecule is COc1cc2c(cc1OC)CN(C(=O)C(Cc1ccccc1)NC(=O)c1ccc(Cl)cc1Cl)CC2. The average Bonchev–Trinajstić information content (AvgIpc) is 2.87. The molecule has 0 radical (unpaired) electrons. The fourth-order valence-corrected chi connectivity index (χ4v) is 4.75. The van der Waals surface area contributed by atoms with Gasteiger partial charge in [-0.05, 0) is 53.4 Å². The first kappa shape index (κ1) is 24.9. The van der Waals surface area contributed by atoms with Crippen molar-refractivity contribution in [2.45, 2.75) is 25.4 Å². The molecular weight excluding hydrogens is 487 g/mol. The van der Waals surface area contributed by atoms with Gasteiger partial charge in [0.1, 0.15) is 6.04 Å². The lowest BCUT2D eigenvalue weighted by Crippen LogP contribution is -2.51. The number of hydrogen-bond donors (Lipinski definition) is 1. The summed E-state index contributed by atoms with van der Waals surface area (Å²) in [6.07, 6.45) is 1.03. The molecule has 1 aliphatic heterocycles. The summed E-state index contributed by atoms with van der Waals surface area (Å²) >= 11 is 12.2. The highest BCUT2D eigenvalue weighted by Gasteiger charge is 2.30. The van der Waals surface area contributed by atoms with Gasteiger partial charge >= 0.3 is 0 Å². The number of halogens is 2. The molecule has 1 N–H and O–H groups in total. The minimum atomic E-state index is -0.765. The van der Waals surface area contributed by atoms with E-state index >= 15 is 0 Å². The monoisotopic (exact) mass is 512 g/mol. The van der Waals surface area contributed by atoms with Crippen LogP contribution in [-0.2, 0) is 24.2 Å². The van der Waals surface area contributed by atoms with Gasteiger partial charge in [-0.1, -0.05) is 53.5 Å². The highest BCUT2D eigenvalue weighted by molar-refractivity contribution is 6.36. The largest absolute Gasteiger partial charge is 0.493 e. The molecule has 3 aromatic rings. The summed E-state index contributed by atoms with van der Waals surface area (Å²) in [5.41, 5.74) is 3.32. The number of hydrogen-bond acceptors (Lipinski definition) is 4. The molecule has 1 aliphatic rings. The summed E-state index contributed by atoms with van der Waals surface area (Å²) in [5.74, 6) is 0.699. The smallest absolute Gasteiger partial charge is 0.253 e. The van der Waals surface area contributed by atoms with E-state index in [1.807, 2.05) is 42.5 Å². The number of nitrogens with zero attached hydrogens (tertiary/aromatic N) is 1. The van der Waals surface area contributed by atoms with Gasteiger partial charge in [0.25, 0.3) is 5.91 Å². The zero-order chi connectivity index (χ0) is 24.9. The molecular formula is C27H26Cl2N2O4. The normalized spacial score (nSPS) is 13.5. The summed E-state index contributed by atoms with van der Waals surface area (Å²) in [6.45, 7) is 0.946. The molecule has 0 aliphatic carbocycles. The Balaban J connectivity index is 1.58. The lowest BCUT2D eigenvalue weighted by atomic mass is 9.97. The lowest BCUT2D eigenvalue weighted by Gasteiger charge is -2.32. The molecule has 1 atom stereocenters. The second-order valence-corrected chi connectivity index (χ2v) is 9.17. The molecule has 1 heterocycles. The Bertz CT molecular complexity index is 1230. The van der Waals surface area contributed by atoms with Crippen molar-refractivity contribution in [1.82, 2.24) is 10.2 Å². The van der Waals surface area contributed by atoms with Crippen molar-refractivity contribution in [3.8, 4) is 11.5 Å². The Hall–Kier alpha value is -3.22. The van der Waals surface area contributed by atoms with Crippen LogP contribution in [0.15, 0.2) is 60.7 Å². The molecule has 182 valence electrons. The third-order valence-electron chi connectivity index (χ3n) is 6.09. The number of nitrogens with one attached hydrogen (secondary N) is 1. The molecule has 3 aromatic carbocycles. The van der Waals surface area contributed by atoms with Crippen LogP contribution in [0, 0.1) is 0 Å². The predicted octanol–water partition coefficient (Wildman–Crippen LogP) is 4.94. The van der Waals surface area contributed by atoms with Crippen LogP contribution >= 0.6 is 23.2 Å². The first-order valence-corrected chi connectivity index (χ1v) is 12.0. The van der Waals surface area contributed by atoms with Gasteiger partial charge in [-0.15, -0.1) is 0 Å². The second-order valence-electron chi connectivity index (χ2n) is 8.33. The Morgan fingerprint density at radius 3 is 2.31 bits per heavy atom. The maximum atomic E-state index is 13.7. The van der Waals surface area contributed by atoms with Crippen molar-refractivity contribution in [1.29, 1.82) is 0 Å². The molecule has 0 saturated carbocycles. The first-order valence-electron chi connectivity index (χ1n) is 11.2. The van der Waals surface area contributed by atoms with Crippen LogP contribution in [0.4, 0.5) is 0 Å². The topological polar surface area (TPSA) is 67.9 Å². The van der Waals surface area contributed by atoms with E-state index in [-0.39, 0.29) is 16.5 Å². The van der Waals surface area contributed by atoms with E-state index in [1.54, 1.807) is 31.3 Å². The number of amides is 2. The van der Waals surface area contributed by atoms with Crippen molar-refractivity contribution in [2.75, 3.05) is 20.8 Å². The molecule has 0 bridgehead atoms. The van der Waals surface area contributed by atoms with Crippen LogP contribution in [0.3, 0.4) is 0 Å². The van der Waals surface area contributed by atoms with E-state index in [2.05, 4.69) is 5.32 Å². The van der Waals surface area contributed by atoms with Crippen molar-refractivity contribution in [2.24, 2.45) is 0 Å². The van der Waals surface area contributed by atoms with E-state index < -0.39 is 11.9 Å². The first-order chi connectivity index (χ1) is 16.9. The lowest BCUT2D eigenvalue weighted by molar-refractivity contribution is -0.134. The summed E-state index contributed by atoms with van der Waals surface area (Å²) < 4.78 is 10.9. The zero-order valence-corrected chi connectivity index (χ0v) is 21.0. The number of carbonyl (C=O) groups excluding carboxylic acids is 2. The number of methoxy groups -OCH3 is 2. The number of rotatable bonds is 7. The van der Waals surface area contributed by atoms with Gasteiger partial charge in [-0.2, -0.15) is 0 Å². The van der Waals surface area contributed by atoms with E-state index in [0.29, 0.717) is 42.5 Å². The van der Waals surface area contributed by atoms with Gasteiger partial charge in [-0.3, -0.25) is 9.59 Å². The highest BCUT2D eigenvalue weighted by Crippen LogP contribution is 2.33. The van der Waals surface area contributed by atoms with Crippen molar-refractivity contribution in [3.63, 3.8) is 0 Å². The van der Waals surface area contributed by atoms with Gasteiger partial charge in [-0.25, -0.2) is 0 Å². The third-order valence-corrected chi connectivity index (χ3v) is 6.64. The maximum absolute atomic E-state index is 13.7. The Kier molecular flexibility index (Phi) is 7.83. The summed E-state index contributed by atoms with van der Waals surface area (Å²) in [6, 6.07) is 17.4. The quantitative estimate of drug-likeness (QED) is 0.486. The number of carbonyl (C=O) groups is 2. The Morgan fingerprint density at radius 1 is 0.971 bits per heavy atom. The summed E-state index contributed by atoms with van der Waals surface area (Å²) in [4.78, 5) is 28.5. The van der Waals surface area contributed by atoms with E-state index in [4.69, 9.17) is 32.7 Å². The van der Waals surface area contributed by atoms with Crippen LogP contribution in [0.2, 0.25) is 10.0 Å². The van der Waals surface area contributed by atoms with Gasteiger partial charge < -0.3 is 19.7 Å². The Labute approximate surface area is 214 Å². The van der Waals surface area contributed by atoms with Crippen LogP contribution in [0.25, 0.3) is 0 Å². The molecule has 0 fully saturated rings. The van der Waals surface area contributed by atoms with E-state index in [1.165, 1.54) is 6.07 Å². The number of fused-ring (bicyclic) bond motifs is 1. The van der Waals surface area contributed by atoms with Crippen LogP contribution in [-0.4, -0.2) is 43.5 Å². The molecule has 4 rings (SSSR count). The van der Waals surface area contributed by atoms with Crippen LogP contribution in [0.1, 0.15) is 27.0 Å². The molecule has 35 heavy (non-hydrogen) atoms. The molecule has 0 saturated heterocycles. The zero-order valence-electron chi connectivity index (χ0n) is 19.5. The highest BCUT2D eigenvalue weighted by atomic mass is 35.5. The fourth-order valence-electron chi connectivity index (χ4n) is 4.25. The van der Waals surface area contributed by atoms with E-state index in [9.17, 15) is 9.59 Å². The standard InChI is InChI=1S/C27H26Cl2N2O4/c1-34-24-13-18-10-11-31(16-19(18)14-25(24)35-2)27(33)23(12-17-6-4-3-5-7-17)30-26(32)21-9-8-20(28)15-22(21)29/h3-9,13-15,23H,10-12,16H2,1-2H3,(H,30,32). The average molecular weight is 513 g/mol. The predicted molar refractivity (Wildman–Crippen MR) is 137 cm³/mol. The minimum absolute atomic E-state index is 0.160. The molecule has 1 unspecified atom stereocenters. The van der Waals surface area contributed by atoms with Crippen LogP contribution < -0.4 is 14.8 Å².